The molecule has 4 nitrogen and oxygen atoms in total. The van der Waals surface area contributed by atoms with Crippen molar-refractivity contribution in [2.75, 3.05) is 11.9 Å². The normalized spacial score (nSPS) is 17.8. The molecule has 2 rings (SSSR count). The van der Waals surface area contributed by atoms with Gasteiger partial charge in [-0.2, -0.15) is 0 Å². The molecule has 0 spiro atoms. The van der Waals surface area contributed by atoms with Crippen LogP contribution in [0, 0.1) is 5.92 Å². The summed E-state index contributed by atoms with van der Waals surface area (Å²) in [6.07, 6.45) is 6.83. The molecule has 0 saturated carbocycles. The average molecular weight is 275 g/mol. The number of carbonyl (C=O) groups excluding carboxylic acids is 1. The van der Waals surface area contributed by atoms with E-state index in [9.17, 15) is 9.90 Å². The maximum atomic E-state index is 12.1. The molecule has 4 heteroatoms. The number of hydrogen-bond donors (Lipinski definition) is 2. The molecule has 1 amide bonds. The minimum Gasteiger partial charge on any atom is -0.494 e. The first-order valence-corrected chi connectivity index (χ1v) is 7.07. The molecule has 1 atom stereocenters. The van der Waals surface area contributed by atoms with Crippen molar-refractivity contribution in [3.8, 4) is 5.75 Å². The Balaban J connectivity index is 2.05. The van der Waals surface area contributed by atoms with Gasteiger partial charge in [0.15, 0.2) is 0 Å². The number of ether oxygens (including phenoxy) is 1. The zero-order valence-corrected chi connectivity index (χ0v) is 11.8. The summed E-state index contributed by atoms with van der Waals surface area (Å²) < 4.78 is 5.42. The number of nitrogens with one attached hydrogen (secondary N) is 1. The molecule has 2 N–H and O–H groups in total. The van der Waals surface area contributed by atoms with Gasteiger partial charge in [0.25, 0.3) is 0 Å². The maximum Gasteiger partial charge on any atom is 0.227 e. The number of amides is 1. The highest BCUT2D eigenvalue weighted by Crippen LogP contribution is 2.25. The second kappa shape index (κ2) is 7.10. The van der Waals surface area contributed by atoms with Crippen LogP contribution in [0.2, 0.25) is 0 Å². The van der Waals surface area contributed by atoms with Crippen molar-refractivity contribution >= 4 is 11.6 Å². The molecule has 0 radical (unpaired) electrons. The van der Waals surface area contributed by atoms with Gasteiger partial charge in [-0.05, 0) is 44.4 Å². The van der Waals surface area contributed by atoms with Crippen LogP contribution < -0.4 is 10.1 Å². The zero-order valence-electron chi connectivity index (χ0n) is 11.8. The third-order valence-corrected chi connectivity index (χ3v) is 3.44. The molecular weight excluding hydrogens is 254 g/mol. The van der Waals surface area contributed by atoms with E-state index in [0.29, 0.717) is 23.6 Å². The highest BCUT2D eigenvalue weighted by molar-refractivity contribution is 5.92. The smallest absolute Gasteiger partial charge is 0.227 e. The van der Waals surface area contributed by atoms with E-state index < -0.39 is 0 Å². The summed E-state index contributed by atoms with van der Waals surface area (Å²) in [4.78, 5) is 12.1. The fraction of sp³-hybridized carbons (Fsp3) is 0.438. The van der Waals surface area contributed by atoms with Gasteiger partial charge >= 0.3 is 0 Å². The van der Waals surface area contributed by atoms with Crippen molar-refractivity contribution in [2.24, 2.45) is 5.92 Å². The summed E-state index contributed by atoms with van der Waals surface area (Å²) in [5, 5.41) is 12.3. The van der Waals surface area contributed by atoms with Gasteiger partial charge in [-0.3, -0.25) is 4.79 Å². The molecule has 1 aliphatic rings. The van der Waals surface area contributed by atoms with Gasteiger partial charge in [0.05, 0.1) is 13.2 Å². The topological polar surface area (TPSA) is 58.6 Å². The van der Waals surface area contributed by atoms with Crippen LogP contribution in [0.4, 0.5) is 5.69 Å². The molecule has 1 aromatic carbocycles. The molecule has 108 valence electrons. The molecule has 20 heavy (non-hydrogen) atoms. The van der Waals surface area contributed by atoms with Crippen LogP contribution in [-0.2, 0) is 11.4 Å². The first-order valence-electron chi connectivity index (χ1n) is 7.07. The van der Waals surface area contributed by atoms with Crippen LogP contribution in [0.15, 0.2) is 30.4 Å². The van der Waals surface area contributed by atoms with E-state index in [0.717, 1.165) is 19.3 Å². The quantitative estimate of drug-likeness (QED) is 0.812. The van der Waals surface area contributed by atoms with Gasteiger partial charge in [0.2, 0.25) is 5.91 Å². The molecule has 0 bridgehead atoms. The summed E-state index contributed by atoms with van der Waals surface area (Å²) >= 11 is 0. The first-order chi connectivity index (χ1) is 9.74. The molecule has 0 aromatic heterocycles. The second-order valence-corrected chi connectivity index (χ2v) is 4.88. The Bertz CT molecular complexity index is 496. The summed E-state index contributed by atoms with van der Waals surface area (Å²) in [7, 11) is 0. The van der Waals surface area contributed by atoms with E-state index >= 15 is 0 Å². The predicted octanol–water partition coefficient (Wildman–Crippen LogP) is 2.87. The summed E-state index contributed by atoms with van der Waals surface area (Å²) in [5.41, 5.74) is 1.39. The third kappa shape index (κ3) is 3.61. The zero-order chi connectivity index (χ0) is 14.4. The Morgan fingerprint density at radius 1 is 1.45 bits per heavy atom. The Kier molecular flexibility index (Phi) is 5.18. The molecule has 0 saturated heterocycles. The molecular formula is C16H21NO3. The van der Waals surface area contributed by atoms with Crippen LogP contribution >= 0.6 is 0 Å². The van der Waals surface area contributed by atoms with Gasteiger partial charge in [0, 0.05) is 17.2 Å². The lowest BCUT2D eigenvalue weighted by molar-refractivity contribution is -0.120. The van der Waals surface area contributed by atoms with Crippen molar-refractivity contribution < 1.29 is 14.6 Å². The highest BCUT2D eigenvalue weighted by Gasteiger charge is 2.19. The second-order valence-electron chi connectivity index (χ2n) is 4.88. The lowest BCUT2D eigenvalue weighted by Crippen LogP contribution is -2.23. The molecule has 0 heterocycles. The molecule has 0 aliphatic heterocycles. The standard InChI is InChI=1S/C16H21NO3/c1-2-20-15-9-8-14(10-13(15)11-18)17-16(19)12-6-4-3-5-7-12/h3-4,8-10,12,18H,2,5-7,11H2,1H3,(H,17,19). The van der Waals surface area contributed by atoms with Crippen molar-refractivity contribution in [3.63, 3.8) is 0 Å². The van der Waals surface area contributed by atoms with Gasteiger partial charge in [-0.1, -0.05) is 12.2 Å². The summed E-state index contributed by atoms with van der Waals surface area (Å²) in [6, 6.07) is 5.35. The minimum absolute atomic E-state index is 0.0439. The fourth-order valence-corrected chi connectivity index (χ4v) is 2.35. The summed E-state index contributed by atoms with van der Waals surface area (Å²) in [5.74, 6) is 0.750. The van der Waals surface area contributed by atoms with E-state index in [1.54, 1.807) is 18.2 Å². The van der Waals surface area contributed by atoms with Crippen molar-refractivity contribution in [1.82, 2.24) is 0 Å². The average Bonchev–Trinajstić information content (AvgIpc) is 2.50. The largest absolute Gasteiger partial charge is 0.494 e. The molecule has 1 aromatic rings. The third-order valence-electron chi connectivity index (χ3n) is 3.44. The lowest BCUT2D eigenvalue weighted by Gasteiger charge is -2.18. The van der Waals surface area contributed by atoms with Crippen molar-refractivity contribution in [1.29, 1.82) is 0 Å². The Morgan fingerprint density at radius 2 is 2.30 bits per heavy atom. The Morgan fingerprint density at radius 3 is 2.95 bits per heavy atom. The van der Waals surface area contributed by atoms with Crippen LogP contribution in [-0.4, -0.2) is 17.6 Å². The van der Waals surface area contributed by atoms with Crippen molar-refractivity contribution in [2.45, 2.75) is 32.8 Å². The number of benzene rings is 1. The van der Waals surface area contributed by atoms with E-state index in [1.807, 2.05) is 6.92 Å². The summed E-state index contributed by atoms with van der Waals surface area (Å²) in [6.45, 7) is 2.34. The molecule has 1 unspecified atom stereocenters. The van der Waals surface area contributed by atoms with Crippen LogP contribution in [0.1, 0.15) is 31.7 Å². The van der Waals surface area contributed by atoms with Gasteiger partial charge in [0.1, 0.15) is 5.75 Å². The number of anilines is 1. The van der Waals surface area contributed by atoms with E-state index in [2.05, 4.69) is 17.5 Å². The Hall–Kier alpha value is -1.81. The fourth-order valence-electron chi connectivity index (χ4n) is 2.35. The number of rotatable bonds is 5. The van der Waals surface area contributed by atoms with Crippen LogP contribution in [0.5, 0.6) is 5.75 Å². The Labute approximate surface area is 119 Å². The van der Waals surface area contributed by atoms with E-state index in [1.165, 1.54) is 0 Å². The number of aliphatic hydroxyl groups is 1. The van der Waals surface area contributed by atoms with E-state index in [-0.39, 0.29) is 18.4 Å². The number of aliphatic hydroxyl groups excluding tert-OH is 1. The van der Waals surface area contributed by atoms with Crippen molar-refractivity contribution in [3.05, 3.63) is 35.9 Å². The van der Waals surface area contributed by atoms with Gasteiger partial charge in [-0.25, -0.2) is 0 Å². The monoisotopic (exact) mass is 275 g/mol. The lowest BCUT2D eigenvalue weighted by atomic mass is 9.93. The number of carbonyl (C=O) groups is 1. The first kappa shape index (κ1) is 14.6. The number of allylic oxidation sites excluding steroid dienone is 2. The number of hydrogen-bond acceptors (Lipinski definition) is 3. The van der Waals surface area contributed by atoms with Gasteiger partial charge in [-0.15, -0.1) is 0 Å². The van der Waals surface area contributed by atoms with Crippen LogP contribution in [0.25, 0.3) is 0 Å². The highest BCUT2D eigenvalue weighted by atomic mass is 16.5. The van der Waals surface area contributed by atoms with Gasteiger partial charge < -0.3 is 15.2 Å². The van der Waals surface area contributed by atoms with E-state index in [4.69, 9.17) is 4.74 Å². The minimum atomic E-state index is -0.106. The van der Waals surface area contributed by atoms with Crippen LogP contribution in [0.3, 0.4) is 0 Å². The predicted molar refractivity (Wildman–Crippen MR) is 78.6 cm³/mol. The SMILES string of the molecule is CCOc1ccc(NC(=O)C2CC=CCC2)cc1CO. The molecule has 0 fully saturated rings. The molecule has 1 aliphatic carbocycles. The maximum absolute atomic E-state index is 12.1.